The number of phenolic OH excluding ortho intramolecular Hbond substituents is 1. The lowest BCUT2D eigenvalue weighted by molar-refractivity contribution is 0.0771. The zero-order valence-electron chi connectivity index (χ0n) is 17.0. The molecule has 0 bridgehead atoms. The number of carbonyl (C=O) groups excluding carboxylic acids is 1. The van der Waals surface area contributed by atoms with Crippen molar-refractivity contribution in [1.82, 2.24) is 4.90 Å². The minimum atomic E-state index is -0.321. The van der Waals surface area contributed by atoms with Crippen molar-refractivity contribution in [2.24, 2.45) is 5.41 Å². The molecule has 1 fully saturated rings. The Morgan fingerprint density at radius 3 is 2.66 bits per heavy atom. The number of likely N-dealkylation sites (tertiary alicyclic amines) is 1. The molecule has 1 atom stereocenters. The molecule has 0 saturated carbocycles. The SMILES string of the molecule is O=C1c2ccc(O)cc2CCC12Cc1ccc(OCCN3CCCCC3)cc1C2. The number of hydrogen-bond donors (Lipinski definition) is 1. The summed E-state index contributed by atoms with van der Waals surface area (Å²) in [6.45, 7) is 4.09. The van der Waals surface area contributed by atoms with E-state index in [1.54, 1.807) is 18.2 Å². The molecule has 2 aromatic carbocycles. The van der Waals surface area contributed by atoms with Crippen LogP contribution in [0.15, 0.2) is 36.4 Å². The summed E-state index contributed by atoms with van der Waals surface area (Å²) < 4.78 is 6.05. The molecule has 5 rings (SSSR count). The highest BCUT2D eigenvalue weighted by Gasteiger charge is 2.46. The van der Waals surface area contributed by atoms with Gasteiger partial charge in [-0.1, -0.05) is 12.5 Å². The number of piperidine rings is 1. The second kappa shape index (κ2) is 7.49. The fraction of sp³-hybridized carbons (Fsp3) is 0.480. The third-order valence-corrected chi connectivity index (χ3v) is 7.05. The van der Waals surface area contributed by atoms with E-state index >= 15 is 0 Å². The van der Waals surface area contributed by atoms with Crippen molar-refractivity contribution in [1.29, 1.82) is 0 Å². The summed E-state index contributed by atoms with van der Waals surface area (Å²) in [5.41, 5.74) is 4.00. The first-order valence-corrected chi connectivity index (χ1v) is 11.0. The van der Waals surface area contributed by atoms with Crippen LogP contribution in [0.3, 0.4) is 0 Å². The second-order valence-electron chi connectivity index (χ2n) is 8.99. The molecule has 1 heterocycles. The van der Waals surface area contributed by atoms with E-state index in [-0.39, 0.29) is 16.9 Å². The largest absolute Gasteiger partial charge is 0.508 e. The third-order valence-electron chi connectivity index (χ3n) is 7.05. The van der Waals surface area contributed by atoms with E-state index < -0.39 is 0 Å². The van der Waals surface area contributed by atoms with Gasteiger partial charge in [0.05, 0.1) is 0 Å². The summed E-state index contributed by atoms with van der Waals surface area (Å²) in [5, 5.41) is 9.73. The van der Waals surface area contributed by atoms with Gasteiger partial charge < -0.3 is 9.84 Å². The first-order valence-electron chi connectivity index (χ1n) is 11.0. The molecule has 4 nitrogen and oxygen atoms in total. The average molecular weight is 392 g/mol. The summed E-state index contributed by atoms with van der Waals surface area (Å²) in [6.07, 6.45) is 7.27. The van der Waals surface area contributed by atoms with E-state index in [9.17, 15) is 9.90 Å². The van der Waals surface area contributed by atoms with Gasteiger partial charge in [-0.05, 0) is 98.6 Å². The predicted octanol–water partition coefficient (Wildman–Crippen LogP) is 4.17. The maximum Gasteiger partial charge on any atom is 0.169 e. The number of nitrogens with zero attached hydrogens (tertiary/aromatic N) is 1. The van der Waals surface area contributed by atoms with Gasteiger partial charge in [-0.3, -0.25) is 9.69 Å². The zero-order chi connectivity index (χ0) is 19.8. The maximum absolute atomic E-state index is 13.3. The summed E-state index contributed by atoms with van der Waals surface area (Å²) in [7, 11) is 0. The van der Waals surface area contributed by atoms with E-state index in [2.05, 4.69) is 23.1 Å². The van der Waals surface area contributed by atoms with E-state index in [0.717, 1.165) is 55.7 Å². The van der Waals surface area contributed by atoms with E-state index in [4.69, 9.17) is 4.74 Å². The first-order chi connectivity index (χ1) is 14.1. The molecule has 2 aliphatic carbocycles. The molecule has 29 heavy (non-hydrogen) atoms. The van der Waals surface area contributed by atoms with E-state index in [1.807, 2.05) is 0 Å². The topological polar surface area (TPSA) is 49.8 Å². The lowest BCUT2D eigenvalue weighted by Crippen LogP contribution is -2.36. The number of benzene rings is 2. The smallest absolute Gasteiger partial charge is 0.169 e. The van der Waals surface area contributed by atoms with Crippen molar-refractivity contribution in [2.75, 3.05) is 26.2 Å². The lowest BCUT2D eigenvalue weighted by atomic mass is 9.68. The van der Waals surface area contributed by atoms with Crippen LogP contribution in [0.4, 0.5) is 0 Å². The van der Waals surface area contributed by atoms with Crippen LogP contribution in [0.25, 0.3) is 0 Å². The lowest BCUT2D eigenvalue weighted by Gasteiger charge is -2.33. The molecule has 4 heteroatoms. The summed E-state index contributed by atoms with van der Waals surface area (Å²) in [4.78, 5) is 15.8. The van der Waals surface area contributed by atoms with Crippen LogP contribution in [0, 0.1) is 5.41 Å². The average Bonchev–Trinajstić information content (AvgIpc) is 3.10. The number of ether oxygens (including phenoxy) is 1. The monoisotopic (exact) mass is 391 g/mol. The van der Waals surface area contributed by atoms with E-state index in [1.165, 1.54) is 43.5 Å². The minimum Gasteiger partial charge on any atom is -0.508 e. The Morgan fingerprint density at radius 2 is 1.79 bits per heavy atom. The molecule has 1 spiro atoms. The minimum absolute atomic E-state index is 0.238. The van der Waals surface area contributed by atoms with Crippen LogP contribution in [0.5, 0.6) is 11.5 Å². The zero-order valence-corrected chi connectivity index (χ0v) is 17.0. The fourth-order valence-corrected chi connectivity index (χ4v) is 5.42. The van der Waals surface area contributed by atoms with Crippen LogP contribution in [0.2, 0.25) is 0 Å². The Balaban J connectivity index is 1.27. The third kappa shape index (κ3) is 3.55. The van der Waals surface area contributed by atoms with Crippen molar-refractivity contribution in [3.05, 3.63) is 58.7 Å². The molecule has 0 amide bonds. The van der Waals surface area contributed by atoms with Crippen LogP contribution in [-0.2, 0) is 19.3 Å². The van der Waals surface area contributed by atoms with Gasteiger partial charge in [0.1, 0.15) is 18.1 Å². The van der Waals surface area contributed by atoms with Gasteiger partial charge in [-0.2, -0.15) is 0 Å². The molecule has 1 saturated heterocycles. The Labute approximate surface area is 172 Å². The molecular formula is C25H29NO3. The number of hydrogen-bond acceptors (Lipinski definition) is 4. The Bertz CT molecular complexity index is 932. The molecule has 152 valence electrons. The van der Waals surface area contributed by atoms with Gasteiger partial charge >= 0.3 is 0 Å². The first kappa shape index (κ1) is 18.7. The second-order valence-corrected chi connectivity index (χ2v) is 8.99. The number of aromatic hydroxyl groups is 1. The van der Waals surface area contributed by atoms with E-state index in [0.29, 0.717) is 0 Å². The highest BCUT2D eigenvalue weighted by Crippen LogP contribution is 2.47. The molecule has 1 unspecified atom stereocenters. The van der Waals surface area contributed by atoms with Crippen molar-refractivity contribution >= 4 is 5.78 Å². The number of carbonyl (C=O) groups is 1. The Hall–Kier alpha value is -2.33. The molecular weight excluding hydrogens is 362 g/mol. The number of ketones is 1. The Morgan fingerprint density at radius 1 is 0.966 bits per heavy atom. The maximum atomic E-state index is 13.3. The number of Topliss-reactive ketones (excluding diaryl/α,β-unsaturated/α-hetero) is 1. The van der Waals surface area contributed by atoms with Crippen LogP contribution >= 0.6 is 0 Å². The highest BCUT2D eigenvalue weighted by atomic mass is 16.5. The molecule has 1 aliphatic heterocycles. The summed E-state index contributed by atoms with van der Waals surface area (Å²) in [5.74, 6) is 1.41. The van der Waals surface area contributed by atoms with Crippen LogP contribution in [0.1, 0.15) is 52.7 Å². The van der Waals surface area contributed by atoms with Gasteiger partial charge in [-0.15, -0.1) is 0 Å². The van der Waals surface area contributed by atoms with Crippen molar-refractivity contribution < 1.29 is 14.6 Å². The van der Waals surface area contributed by atoms with Gasteiger partial charge in [0.25, 0.3) is 0 Å². The predicted molar refractivity (Wildman–Crippen MR) is 113 cm³/mol. The van der Waals surface area contributed by atoms with Gasteiger partial charge in [0, 0.05) is 17.5 Å². The number of rotatable bonds is 4. The molecule has 2 aromatic rings. The molecule has 0 radical (unpaired) electrons. The summed E-state index contributed by atoms with van der Waals surface area (Å²) >= 11 is 0. The molecule has 1 N–H and O–H groups in total. The molecule has 0 aromatic heterocycles. The molecule has 3 aliphatic rings. The van der Waals surface area contributed by atoms with Gasteiger partial charge in [0.2, 0.25) is 0 Å². The van der Waals surface area contributed by atoms with Crippen LogP contribution < -0.4 is 4.74 Å². The van der Waals surface area contributed by atoms with Gasteiger partial charge in [-0.25, -0.2) is 0 Å². The standard InChI is InChI=1S/C25H29NO3/c27-21-5-7-23-18(14-21)8-9-25(24(23)28)16-19-4-6-22(15-20(19)17-25)29-13-12-26-10-2-1-3-11-26/h4-7,14-15,27H,1-3,8-13,16-17H2. The Kier molecular flexibility index (Phi) is 4.83. The fourth-order valence-electron chi connectivity index (χ4n) is 5.42. The van der Waals surface area contributed by atoms with Crippen molar-refractivity contribution in [3.8, 4) is 11.5 Å². The normalized spacial score (nSPS) is 23.8. The number of aryl methyl sites for hydroxylation is 1. The van der Waals surface area contributed by atoms with Crippen LogP contribution in [-0.4, -0.2) is 42.0 Å². The van der Waals surface area contributed by atoms with Crippen molar-refractivity contribution in [3.63, 3.8) is 0 Å². The number of fused-ring (bicyclic) bond motifs is 2. The number of phenols is 1. The van der Waals surface area contributed by atoms with Gasteiger partial charge in [0.15, 0.2) is 5.78 Å². The van der Waals surface area contributed by atoms with Crippen molar-refractivity contribution in [2.45, 2.75) is 44.9 Å². The summed E-state index contributed by atoms with van der Waals surface area (Å²) in [6, 6.07) is 11.5. The highest BCUT2D eigenvalue weighted by molar-refractivity contribution is 6.03. The quantitative estimate of drug-likeness (QED) is 0.850.